The molecule has 1 aromatic carbocycles. The third-order valence-corrected chi connectivity index (χ3v) is 3.40. The summed E-state index contributed by atoms with van der Waals surface area (Å²) in [5.41, 5.74) is 4.29. The molecule has 1 aliphatic carbocycles. The fraction of sp³-hybridized carbons (Fsp3) is 0.200. The van der Waals surface area contributed by atoms with Crippen LogP contribution in [-0.2, 0) is 12.8 Å². The van der Waals surface area contributed by atoms with Crippen LogP contribution in [0.5, 0.6) is 0 Å². The van der Waals surface area contributed by atoms with Gasteiger partial charge < -0.3 is 5.11 Å². The van der Waals surface area contributed by atoms with Gasteiger partial charge in [0, 0.05) is 17.5 Å². The smallest absolute Gasteiger partial charge is 0.337 e. The number of rotatable bonds is 2. The summed E-state index contributed by atoms with van der Waals surface area (Å²) < 4.78 is 0. The fourth-order valence-corrected chi connectivity index (χ4v) is 2.61. The Morgan fingerprint density at radius 2 is 1.94 bits per heavy atom. The molecule has 2 aromatic rings. The molecule has 1 aliphatic rings. The standard InChI is InChI=1S/C15H13NO2/c17-15(18)12-9-16-13-8-4-7-11(13)14(12)10-5-2-1-3-6-10/h1-3,5-6,9H,4,7-8H2,(H,17,18). The van der Waals surface area contributed by atoms with Gasteiger partial charge in [-0.2, -0.15) is 0 Å². The minimum absolute atomic E-state index is 0.307. The molecular formula is C15H13NO2. The largest absolute Gasteiger partial charge is 0.478 e. The van der Waals surface area contributed by atoms with Crippen LogP contribution in [0.15, 0.2) is 36.5 Å². The van der Waals surface area contributed by atoms with E-state index in [1.54, 1.807) is 0 Å². The molecule has 0 atom stereocenters. The van der Waals surface area contributed by atoms with E-state index in [-0.39, 0.29) is 0 Å². The van der Waals surface area contributed by atoms with E-state index in [4.69, 9.17) is 0 Å². The molecule has 0 fully saturated rings. The normalized spacial score (nSPS) is 13.3. The number of aromatic nitrogens is 1. The molecule has 0 unspecified atom stereocenters. The van der Waals surface area contributed by atoms with Crippen LogP contribution in [0.4, 0.5) is 0 Å². The molecule has 0 saturated heterocycles. The molecule has 1 N–H and O–H groups in total. The summed E-state index contributed by atoms with van der Waals surface area (Å²) in [6.45, 7) is 0. The fourth-order valence-electron chi connectivity index (χ4n) is 2.61. The lowest BCUT2D eigenvalue weighted by molar-refractivity contribution is 0.0697. The Bertz CT molecular complexity index is 605. The van der Waals surface area contributed by atoms with Crippen LogP contribution in [0.1, 0.15) is 28.0 Å². The van der Waals surface area contributed by atoms with Gasteiger partial charge >= 0.3 is 5.97 Å². The first-order valence-corrected chi connectivity index (χ1v) is 6.07. The molecule has 0 aliphatic heterocycles. The maximum Gasteiger partial charge on any atom is 0.337 e. The van der Waals surface area contributed by atoms with Crippen molar-refractivity contribution in [3.05, 3.63) is 53.3 Å². The Kier molecular flexibility index (Phi) is 2.59. The quantitative estimate of drug-likeness (QED) is 0.876. The van der Waals surface area contributed by atoms with E-state index in [1.165, 1.54) is 6.20 Å². The number of carbonyl (C=O) groups is 1. The summed E-state index contributed by atoms with van der Waals surface area (Å²) in [7, 11) is 0. The van der Waals surface area contributed by atoms with Crippen LogP contribution in [0, 0.1) is 0 Å². The Morgan fingerprint density at radius 1 is 1.17 bits per heavy atom. The predicted molar refractivity (Wildman–Crippen MR) is 68.7 cm³/mol. The summed E-state index contributed by atoms with van der Waals surface area (Å²) >= 11 is 0. The highest BCUT2D eigenvalue weighted by Crippen LogP contribution is 2.33. The minimum atomic E-state index is -0.906. The van der Waals surface area contributed by atoms with Gasteiger partial charge in [0.15, 0.2) is 0 Å². The number of aromatic carboxylic acids is 1. The zero-order chi connectivity index (χ0) is 12.5. The number of hydrogen-bond donors (Lipinski definition) is 1. The topological polar surface area (TPSA) is 50.2 Å². The minimum Gasteiger partial charge on any atom is -0.478 e. The second-order valence-electron chi connectivity index (χ2n) is 4.50. The monoisotopic (exact) mass is 239 g/mol. The van der Waals surface area contributed by atoms with Crippen molar-refractivity contribution < 1.29 is 9.90 Å². The van der Waals surface area contributed by atoms with Gasteiger partial charge in [-0.3, -0.25) is 4.98 Å². The number of hydrogen-bond acceptors (Lipinski definition) is 2. The van der Waals surface area contributed by atoms with Gasteiger partial charge in [-0.05, 0) is 30.4 Å². The van der Waals surface area contributed by atoms with Crippen molar-refractivity contribution in [1.29, 1.82) is 0 Å². The highest BCUT2D eigenvalue weighted by Gasteiger charge is 2.22. The van der Waals surface area contributed by atoms with E-state index in [2.05, 4.69) is 4.98 Å². The first kappa shape index (κ1) is 11.0. The summed E-state index contributed by atoms with van der Waals surface area (Å²) in [5, 5.41) is 9.32. The third-order valence-electron chi connectivity index (χ3n) is 3.40. The number of aryl methyl sites for hydroxylation is 1. The van der Waals surface area contributed by atoms with Crippen molar-refractivity contribution in [1.82, 2.24) is 4.98 Å². The van der Waals surface area contributed by atoms with E-state index in [0.717, 1.165) is 41.6 Å². The Labute approximate surface area is 105 Å². The van der Waals surface area contributed by atoms with Gasteiger partial charge in [0.05, 0.1) is 5.56 Å². The summed E-state index contributed by atoms with van der Waals surface area (Å²) in [6, 6.07) is 9.72. The summed E-state index contributed by atoms with van der Waals surface area (Å²) in [6.07, 6.45) is 4.43. The number of nitrogens with zero attached hydrogens (tertiary/aromatic N) is 1. The highest BCUT2D eigenvalue weighted by atomic mass is 16.4. The number of pyridine rings is 1. The van der Waals surface area contributed by atoms with Crippen LogP contribution in [0.3, 0.4) is 0 Å². The number of benzene rings is 1. The van der Waals surface area contributed by atoms with Crippen LogP contribution < -0.4 is 0 Å². The molecule has 1 heterocycles. The van der Waals surface area contributed by atoms with E-state index in [1.807, 2.05) is 30.3 Å². The average molecular weight is 239 g/mol. The molecule has 90 valence electrons. The van der Waals surface area contributed by atoms with Crippen LogP contribution in [0.25, 0.3) is 11.1 Å². The summed E-state index contributed by atoms with van der Waals surface area (Å²) in [4.78, 5) is 15.6. The van der Waals surface area contributed by atoms with Crippen molar-refractivity contribution in [2.45, 2.75) is 19.3 Å². The SMILES string of the molecule is O=C(O)c1cnc2c(c1-c1ccccc1)CCC2. The van der Waals surface area contributed by atoms with Crippen LogP contribution >= 0.6 is 0 Å². The zero-order valence-corrected chi connectivity index (χ0v) is 9.89. The molecule has 0 bridgehead atoms. The lowest BCUT2D eigenvalue weighted by Gasteiger charge is -2.11. The molecule has 18 heavy (non-hydrogen) atoms. The first-order chi connectivity index (χ1) is 8.77. The van der Waals surface area contributed by atoms with E-state index in [0.29, 0.717) is 5.56 Å². The second-order valence-corrected chi connectivity index (χ2v) is 4.50. The molecule has 3 heteroatoms. The Hall–Kier alpha value is -2.16. The van der Waals surface area contributed by atoms with Gasteiger partial charge in [0.25, 0.3) is 0 Å². The predicted octanol–water partition coefficient (Wildman–Crippen LogP) is 2.94. The van der Waals surface area contributed by atoms with Crippen molar-refractivity contribution in [2.75, 3.05) is 0 Å². The molecule has 3 rings (SSSR count). The van der Waals surface area contributed by atoms with Crippen LogP contribution in [0.2, 0.25) is 0 Å². The molecule has 0 radical (unpaired) electrons. The molecule has 3 nitrogen and oxygen atoms in total. The van der Waals surface area contributed by atoms with Gasteiger partial charge in [-0.25, -0.2) is 4.79 Å². The van der Waals surface area contributed by atoms with Gasteiger partial charge in [-0.15, -0.1) is 0 Å². The van der Waals surface area contributed by atoms with Crippen molar-refractivity contribution in [3.8, 4) is 11.1 Å². The highest BCUT2D eigenvalue weighted by molar-refractivity contribution is 5.97. The van der Waals surface area contributed by atoms with Crippen molar-refractivity contribution in [3.63, 3.8) is 0 Å². The van der Waals surface area contributed by atoms with E-state index < -0.39 is 5.97 Å². The lowest BCUT2D eigenvalue weighted by Crippen LogP contribution is -2.05. The van der Waals surface area contributed by atoms with Crippen LogP contribution in [-0.4, -0.2) is 16.1 Å². The lowest BCUT2D eigenvalue weighted by atomic mass is 9.95. The first-order valence-electron chi connectivity index (χ1n) is 6.07. The average Bonchev–Trinajstić information content (AvgIpc) is 2.86. The van der Waals surface area contributed by atoms with Gasteiger partial charge in [0.1, 0.15) is 0 Å². The van der Waals surface area contributed by atoms with Gasteiger partial charge in [-0.1, -0.05) is 30.3 Å². The van der Waals surface area contributed by atoms with Crippen molar-refractivity contribution >= 4 is 5.97 Å². The number of carboxylic acid groups (broad SMARTS) is 1. The number of fused-ring (bicyclic) bond motifs is 1. The Balaban J connectivity index is 2.29. The molecular weight excluding hydrogens is 226 g/mol. The van der Waals surface area contributed by atoms with Gasteiger partial charge in [0.2, 0.25) is 0 Å². The second kappa shape index (κ2) is 4.26. The summed E-state index contributed by atoms with van der Waals surface area (Å²) in [5.74, 6) is -0.906. The molecule has 0 spiro atoms. The van der Waals surface area contributed by atoms with E-state index >= 15 is 0 Å². The molecule has 0 amide bonds. The zero-order valence-electron chi connectivity index (χ0n) is 9.89. The molecule has 0 saturated carbocycles. The Morgan fingerprint density at radius 3 is 2.67 bits per heavy atom. The third kappa shape index (κ3) is 1.68. The maximum atomic E-state index is 11.4. The molecule has 1 aromatic heterocycles. The number of carboxylic acids is 1. The maximum absolute atomic E-state index is 11.4. The van der Waals surface area contributed by atoms with E-state index in [9.17, 15) is 9.90 Å². The van der Waals surface area contributed by atoms with Crippen molar-refractivity contribution in [2.24, 2.45) is 0 Å².